The second-order valence-corrected chi connectivity index (χ2v) is 4.86. The number of phenols is 1. The number of nitrogens with one attached hydrogen (secondary N) is 1. The van der Waals surface area contributed by atoms with Crippen LogP contribution >= 0.6 is 0 Å². The maximum Gasteiger partial charge on any atom is 0.275 e. The van der Waals surface area contributed by atoms with Crippen molar-refractivity contribution < 1.29 is 9.90 Å². The average Bonchev–Trinajstić information content (AvgIpc) is 2.49. The fraction of sp³-hybridized carbons (Fsp3) is 0.0588. The van der Waals surface area contributed by atoms with E-state index in [2.05, 4.69) is 10.3 Å². The monoisotopic (exact) mass is 278 g/mol. The first-order valence-electron chi connectivity index (χ1n) is 6.60. The molecule has 1 heterocycles. The van der Waals surface area contributed by atoms with Crippen molar-refractivity contribution in [3.05, 3.63) is 66.0 Å². The second-order valence-electron chi connectivity index (χ2n) is 4.86. The van der Waals surface area contributed by atoms with Crippen molar-refractivity contribution in [3.63, 3.8) is 0 Å². The largest absolute Gasteiger partial charge is 0.506 e. The molecule has 104 valence electrons. The molecule has 0 unspecified atom stereocenters. The summed E-state index contributed by atoms with van der Waals surface area (Å²) in [5.41, 5.74) is 1.64. The van der Waals surface area contributed by atoms with Crippen LogP contribution < -0.4 is 5.32 Å². The third-order valence-electron chi connectivity index (χ3n) is 3.29. The van der Waals surface area contributed by atoms with E-state index in [4.69, 9.17) is 0 Å². The number of aromatic nitrogens is 1. The Kier molecular flexibility index (Phi) is 3.28. The van der Waals surface area contributed by atoms with Crippen LogP contribution in [0.4, 0.5) is 5.69 Å². The molecule has 0 saturated carbocycles. The number of aryl methyl sites for hydroxylation is 1. The number of nitrogens with zero attached hydrogens (tertiary/aromatic N) is 1. The zero-order valence-corrected chi connectivity index (χ0v) is 11.5. The summed E-state index contributed by atoms with van der Waals surface area (Å²) in [5, 5.41) is 14.3. The van der Waals surface area contributed by atoms with E-state index < -0.39 is 0 Å². The molecule has 0 spiro atoms. The molecule has 0 aliphatic carbocycles. The van der Waals surface area contributed by atoms with Crippen LogP contribution in [-0.2, 0) is 0 Å². The molecule has 0 saturated heterocycles. The average molecular weight is 278 g/mol. The van der Waals surface area contributed by atoms with E-state index >= 15 is 0 Å². The lowest BCUT2D eigenvalue weighted by Crippen LogP contribution is -2.14. The van der Waals surface area contributed by atoms with Gasteiger partial charge in [-0.15, -0.1) is 0 Å². The minimum Gasteiger partial charge on any atom is -0.506 e. The van der Waals surface area contributed by atoms with E-state index in [1.165, 1.54) is 0 Å². The molecule has 0 aliphatic rings. The van der Waals surface area contributed by atoms with E-state index in [0.717, 1.165) is 16.3 Å². The van der Waals surface area contributed by atoms with Gasteiger partial charge in [-0.25, -0.2) is 0 Å². The first-order valence-corrected chi connectivity index (χ1v) is 6.60. The molecular formula is C17H14N2O2. The van der Waals surface area contributed by atoms with Gasteiger partial charge in [0, 0.05) is 11.6 Å². The van der Waals surface area contributed by atoms with Crippen LogP contribution in [0.2, 0.25) is 0 Å². The summed E-state index contributed by atoms with van der Waals surface area (Å²) in [7, 11) is 0. The van der Waals surface area contributed by atoms with E-state index in [1.54, 1.807) is 18.3 Å². The number of phenolic OH excluding ortho intramolecular Hbond substituents is 1. The Morgan fingerprint density at radius 1 is 1.14 bits per heavy atom. The Morgan fingerprint density at radius 2 is 1.95 bits per heavy atom. The fourth-order valence-electron chi connectivity index (χ4n) is 2.23. The molecule has 2 aromatic carbocycles. The third-order valence-corrected chi connectivity index (χ3v) is 3.29. The number of fused-ring (bicyclic) bond motifs is 1. The van der Waals surface area contributed by atoms with E-state index in [0.29, 0.717) is 11.4 Å². The van der Waals surface area contributed by atoms with Gasteiger partial charge in [-0.1, -0.05) is 30.3 Å². The molecule has 1 aromatic heterocycles. The molecular weight excluding hydrogens is 264 g/mol. The molecule has 0 fully saturated rings. The summed E-state index contributed by atoms with van der Waals surface area (Å²) in [6, 6.07) is 14.5. The highest BCUT2D eigenvalue weighted by molar-refractivity contribution is 6.11. The minimum atomic E-state index is -0.342. The molecule has 1 amide bonds. The Bertz CT molecular complexity index is 823. The third kappa shape index (κ3) is 2.56. The summed E-state index contributed by atoms with van der Waals surface area (Å²) >= 11 is 0. The molecule has 21 heavy (non-hydrogen) atoms. The molecule has 4 heteroatoms. The van der Waals surface area contributed by atoms with Gasteiger partial charge in [0.1, 0.15) is 11.4 Å². The van der Waals surface area contributed by atoms with Gasteiger partial charge in [0.25, 0.3) is 5.91 Å². The Balaban J connectivity index is 1.97. The zero-order chi connectivity index (χ0) is 14.8. The molecule has 0 radical (unpaired) electrons. The van der Waals surface area contributed by atoms with Gasteiger partial charge >= 0.3 is 0 Å². The number of carbonyl (C=O) groups excluding carboxylic acids is 1. The SMILES string of the molecule is Cc1ccc(NC(=O)c2nccc3ccccc23)c(O)c1. The van der Waals surface area contributed by atoms with Gasteiger partial charge in [0.05, 0.1) is 5.69 Å². The van der Waals surface area contributed by atoms with Crippen molar-refractivity contribution in [2.24, 2.45) is 0 Å². The predicted molar refractivity (Wildman–Crippen MR) is 82.5 cm³/mol. The normalized spacial score (nSPS) is 10.5. The summed E-state index contributed by atoms with van der Waals surface area (Å²) in [6.07, 6.45) is 1.60. The number of benzene rings is 2. The number of hydrogen-bond donors (Lipinski definition) is 2. The number of pyridine rings is 1. The highest BCUT2D eigenvalue weighted by atomic mass is 16.3. The first-order chi connectivity index (χ1) is 10.1. The van der Waals surface area contributed by atoms with Crippen LogP contribution in [0.15, 0.2) is 54.7 Å². The number of aromatic hydroxyl groups is 1. The summed E-state index contributed by atoms with van der Waals surface area (Å²) < 4.78 is 0. The van der Waals surface area contributed by atoms with Gasteiger partial charge in [-0.05, 0) is 36.1 Å². The van der Waals surface area contributed by atoms with E-state index in [-0.39, 0.29) is 11.7 Å². The van der Waals surface area contributed by atoms with E-state index in [1.807, 2.05) is 43.3 Å². The maximum absolute atomic E-state index is 12.4. The second kappa shape index (κ2) is 5.25. The van der Waals surface area contributed by atoms with Gasteiger partial charge in [-0.2, -0.15) is 0 Å². The van der Waals surface area contributed by atoms with Gasteiger partial charge in [0.2, 0.25) is 0 Å². The molecule has 0 aliphatic heterocycles. The smallest absolute Gasteiger partial charge is 0.275 e. The quantitative estimate of drug-likeness (QED) is 0.705. The summed E-state index contributed by atoms with van der Waals surface area (Å²) in [6.45, 7) is 1.87. The van der Waals surface area contributed by atoms with Crippen LogP contribution in [0, 0.1) is 6.92 Å². The van der Waals surface area contributed by atoms with Crippen molar-refractivity contribution in [1.29, 1.82) is 0 Å². The topological polar surface area (TPSA) is 62.2 Å². The number of rotatable bonds is 2. The Labute approximate surface area is 122 Å². The number of carbonyl (C=O) groups is 1. The number of hydrogen-bond acceptors (Lipinski definition) is 3. The highest BCUT2D eigenvalue weighted by Gasteiger charge is 2.13. The standard InChI is InChI=1S/C17H14N2O2/c1-11-6-7-14(15(20)10-11)19-17(21)16-13-5-3-2-4-12(13)8-9-18-16/h2-10,20H,1H3,(H,19,21). The van der Waals surface area contributed by atoms with Crippen molar-refractivity contribution in [3.8, 4) is 5.75 Å². The summed E-state index contributed by atoms with van der Waals surface area (Å²) in [4.78, 5) is 16.5. The summed E-state index contributed by atoms with van der Waals surface area (Å²) in [5.74, 6) is -0.297. The predicted octanol–water partition coefficient (Wildman–Crippen LogP) is 3.50. The molecule has 0 atom stereocenters. The fourth-order valence-corrected chi connectivity index (χ4v) is 2.23. The number of anilines is 1. The van der Waals surface area contributed by atoms with Crippen molar-refractivity contribution in [1.82, 2.24) is 4.98 Å². The van der Waals surface area contributed by atoms with Crippen LogP contribution in [-0.4, -0.2) is 16.0 Å². The molecule has 2 N–H and O–H groups in total. The van der Waals surface area contributed by atoms with Gasteiger partial charge in [-0.3, -0.25) is 9.78 Å². The lowest BCUT2D eigenvalue weighted by atomic mass is 10.1. The lowest BCUT2D eigenvalue weighted by molar-refractivity contribution is 0.102. The maximum atomic E-state index is 12.4. The first kappa shape index (κ1) is 13.1. The highest BCUT2D eigenvalue weighted by Crippen LogP contribution is 2.25. The van der Waals surface area contributed by atoms with E-state index in [9.17, 15) is 9.90 Å². The molecule has 0 bridgehead atoms. The van der Waals surface area contributed by atoms with Crippen LogP contribution in [0.1, 0.15) is 16.1 Å². The van der Waals surface area contributed by atoms with Crippen LogP contribution in [0.3, 0.4) is 0 Å². The van der Waals surface area contributed by atoms with Gasteiger partial charge in [0.15, 0.2) is 0 Å². The lowest BCUT2D eigenvalue weighted by Gasteiger charge is -2.09. The van der Waals surface area contributed by atoms with Crippen molar-refractivity contribution >= 4 is 22.4 Å². The van der Waals surface area contributed by atoms with Crippen molar-refractivity contribution in [2.45, 2.75) is 6.92 Å². The molecule has 4 nitrogen and oxygen atoms in total. The Morgan fingerprint density at radius 3 is 2.76 bits per heavy atom. The zero-order valence-electron chi connectivity index (χ0n) is 11.5. The van der Waals surface area contributed by atoms with Crippen molar-refractivity contribution in [2.75, 3.05) is 5.32 Å². The molecule has 3 rings (SSSR count). The van der Waals surface area contributed by atoms with Crippen LogP contribution in [0.25, 0.3) is 10.8 Å². The number of amides is 1. The minimum absolute atomic E-state index is 0.0450. The van der Waals surface area contributed by atoms with Gasteiger partial charge < -0.3 is 10.4 Å². The molecule has 3 aromatic rings. The van der Waals surface area contributed by atoms with Crippen LogP contribution in [0.5, 0.6) is 5.75 Å². The Hall–Kier alpha value is -2.88.